The molecule has 2 nitrogen and oxygen atoms in total. The van der Waals surface area contributed by atoms with Crippen molar-refractivity contribution in [3.05, 3.63) is 49.1 Å². The van der Waals surface area contributed by atoms with E-state index in [4.69, 9.17) is 0 Å². The first-order chi connectivity index (χ1) is 5.00. The molecule has 0 unspecified atom stereocenters. The van der Waals surface area contributed by atoms with Crippen LogP contribution in [-0.2, 0) is 25.8 Å². The minimum absolute atomic E-state index is 0. The van der Waals surface area contributed by atoms with Crippen molar-refractivity contribution in [2.24, 2.45) is 0 Å². The van der Waals surface area contributed by atoms with Crippen molar-refractivity contribution in [1.82, 2.24) is 9.97 Å². The topological polar surface area (TPSA) is 31.6 Å². The average Bonchev–Trinajstić information content (AvgIpc) is 2.67. The first-order valence-corrected chi connectivity index (χ1v) is 2.99. The van der Waals surface area contributed by atoms with Gasteiger partial charge in [0.2, 0.25) is 0 Å². The zero-order chi connectivity index (χ0) is 7.07. The predicted octanol–water partition coefficient (Wildman–Crippen LogP) is -4.36. The van der Waals surface area contributed by atoms with E-state index in [0.29, 0.717) is 0 Å². The van der Waals surface area contributed by atoms with E-state index < -0.39 is 0 Å². The van der Waals surface area contributed by atoms with Crippen LogP contribution in [0.4, 0.5) is 0 Å². The van der Waals surface area contributed by atoms with Gasteiger partial charge in [0.25, 0.3) is 0 Å². The van der Waals surface area contributed by atoms with Crippen molar-refractivity contribution >= 4 is 0 Å². The van der Waals surface area contributed by atoms with E-state index in [1.807, 2.05) is 36.7 Å². The Morgan fingerprint density at radius 1 is 0.769 bits per heavy atom. The molecule has 0 saturated heterocycles. The summed E-state index contributed by atoms with van der Waals surface area (Å²) in [5, 5.41) is 0. The third kappa shape index (κ3) is 11.3. The molecule has 0 amide bonds. The van der Waals surface area contributed by atoms with Gasteiger partial charge in [-0.3, -0.25) is 0 Å². The minimum atomic E-state index is 0. The summed E-state index contributed by atoms with van der Waals surface area (Å²) < 4.78 is 0. The van der Waals surface area contributed by atoms with Crippen molar-refractivity contribution in [3.63, 3.8) is 0 Å². The normalized spacial score (nSPS) is 6.15. The van der Waals surface area contributed by atoms with Crippen molar-refractivity contribution in [2.75, 3.05) is 0 Å². The molecule has 2 aromatic heterocycles. The molecule has 0 atom stereocenters. The predicted molar refractivity (Wildman–Crippen MR) is 39.3 cm³/mol. The fourth-order valence-electron chi connectivity index (χ4n) is 0.481. The summed E-state index contributed by atoms with van der Waals surface area (Å²) in [6, 6.07) is 7.42. The van der Waals surface area contributed by atoms with Gasteiger partial charge in [-0.2, -0.15) is 36.7 Å². The van der Waals surface area contributed by atoms with Gasteiger partial charge in [-0.25, -0.2) is 0 Å². The molecule has 0 aliphatic heterocycles. The smallest absolute Gasteiger partial charge is 1.00 e. The van der Waals surface area contributed by atoms with Crippen LogP contribution in [0.3, 0.4) is 0 Å². The molecule has 0 aliphatic carbocycles. The molecule has 0 saturated carbocycles. The maximum atomic E-state index is 2.74. The Balaban J connectivity index is -0.000000125. The van der Waals surface area contributed by atoms with Gasteiger partial charge < -0.3 is 19.4 Å². The van der Waals surface area contributed by atoms with E-state index >= 15 is 0 Å². The van der Waals surface area contributed by atoms with Crippen LogP contribution in [0.5, 0.6) is 0 Å². The first kappa shape index (κ1) is 18.2. The summed E-state index contributed by atoms with van der Waals surface area (Å²) in [6.45, 7) is 0. The zero-order valence-electron chi connectivity index (χ0n) is 6.72. The van der Waals surface area contributed by atoms with Crippen LogP contribution in [0.15, 0.2) is 36.7 Å². The Morgan fingerprint density at radius 2 is 1.15 bits per heavy atom. The Hall–Kier alpha value is -0.710. The molecular formula is C8H8F2HfN2. The van der Waals surface area contributed by atoms with Crippen molar-refractivity contribution in [3.8, 4) is 0 Å². The molecule has 5 heteroatoms. The molecule has 0 fully saturated rings. The molecule has 0 radical (unpaired) electrons. The number of hydrogen-bond donors (Lipinski definition) is 2. The Morgan fingerprint density at radius 3 is 1.23 bits per heavy atom. The third-order valence-electron chi connectivity index (χ3n) is 0.885. The van der Waals surface area contributed by atoms with E-state index in [-0.39, 0.29) is 35.3 Å². The second-order valence-electron chi connectivity index (χ2n) is 1.63. The Bertz CT molecular complexity index is 159. The van der Waals surface area contributed by atoms with Crippen LogP contribution >= 0.6 is 0 Å². The third-order valence-corrected chi connectivity index (χ3v) is 0.885. The van der Waals surface area contributed by atoms with E-state index in [9.17, 15) is 0 Å². The largest absolute Gasteiger partial charge is 4.00 e. The first-order valence-electron chi connectivity index (χ1n) is 2.99. The van der Waals surface area contributed by atoms with Crippen molar-refractivity contribution in [1.29, 1.82) is 0 Å². The standard InChI is InChI=1S/2C4H4N.2FH.Hf/c2*1-2-4-5-3-1;;;/h2*1-3,5H;2*1H;/q2*-1;;;+4/p-2. The molecule has 2 N–H and O–H groups in total. The molecule has 2 aromatic rings. The summed E-state index contributed by atoms with van der Waals surface area (Å²) in [5.74, 6) is 0. The van der Waals surface area contributed by atoms with Crippen LogP contribution in [0.25, 0.3) is 0 Å². The Labute approximate surface area is 94.3 Å². The van der Waals surface area contributed by atoms with E-state index in [1.165, 1.54) is 0 Å². The fraction of sp³-hybridized carbons (Fsp3) is 0. The van der Waals surface area contributed by atoms with Gasteiger partial charge in [-0.15, -0.1) is 12.4 Å². The van der Waals surface area contributed by atoms with Crippen molar-refractivity contribution < 1.29 is 35.3 Å². The van der Waals surface area contributed by atoms with Crippen LogP contribution in [-0.4, -0.2) is 9.97 Å². The average molecular weight is 349 g/mol. The van der Waals surface area contributed by atoms with Gasteiger partial charge in [0, 0.05) is 0 Å². The molecule has 0 bridgehead atoms. The van der Waals surface area contributed by atoms with Crippen LogP contribution in [0.1, 0.15) is 0 Å². The maximum absolute atomic E-state index is 2.74. The number of halogens is 2. The molecule has 68 valence electrons. The molecule has 0 spiro atoms. The number of rotatable bonds is 0. The molecule has 0 aliphatic rings. The number of H-pyrrole nitrogens is 2. The van der Waals surface area contributed by atoms with Crippen LogP contribution in [0.2, 0.25) is 0 Å². The maximum Gasteiger partial charge on any atom is 4.00 e. The molecule has 2 heterocycles. The SMILES string of the molecule is [F-].[F-].[Hf+4].[c-]1ccc[nH]1.[c-]1ccc[nH]1. The van der Waals surface area contributed by atoms with Gasteiger partial charge in [-0.1, -0.05) is 0 Å². The number of hydrogen-bond acceptors (Lipinski definition) is 0. The number of nitrogens with one attached hydrogen (secondary N) is 2. The molecule has 13 heavy (non-hydrogen) atoms. The van der Waals surface area contributed by atoms with E-state index in [2.05, 4.69) is 22.4 Å². The second kappa shape index (κ2) is 13.9. The summed E-state index contributed by atoms with van der Waals surface area (Å²) >= 11 is 0. The Kier molecular flexibility index (Phi) is 19.3. The summed E-state index contributed by atoms with van der Waals surface area (Å²) in [7, 11) is 0. The van der Waals surface area contributed by atoms with E-state index in [0.717, 1.165) is 0 Å². The quantitative estimate of drug-likeness (QED) is 0.356. The fourth-order valence-corrected chi connectivity index (χ4v) is 0.481. The van der Waals surface area contributed by atoms with Gasteiger partial charge in [0.15, 0.2) is 0 Å². The zero-order valence-corrected chi connectivity index (χ0v) is 10.3. The summed E-state index contributed by atoms with van der Waals surface area (Å²) in [5.41, 5.74) is 0. The van der Waals surface area contributed by atoms with Crippen LogP contribution < -0.4 is 9.41 Å². The number of aromatic nitrogens is 2. The molecule has 2 rings (SSSR count). The van der Waals surface area contributed by atoms with E-state index in [1.54, 1.807) is 0 Å². The van der Waals surface area contributed by atoms with Crippen molar-refractivity contribution in [2.45, 2.75) is 0 Å². The summed E-state index contributed by atoms with van der Waals surface area (Å²) in [6.07, 6.45) is 9.11. The molecular weight excluding hydrogens is 341 g/mol. The number of aromatic amines is 2. The van der Waals surface area contributed by atoms with Gasteiger partial charge in [0.1, 0.15) is 0 Å². The monoisotopic (exact) mass is 350 g/mol. The second-order valence-corrected chi connectivity index (χ2v) is 1.63. The van der Waals surface area contributed by atoms with Crippen LogP contribution in [0, 0.1) is 12.4 Å². The molecule has 0 aromatic carbocycles. The van der Waals surface area contributed by atoms with Gasteiger partial charge in [-0.05, 0) is 0 Å². The minimum Gasteiger partial charge on any atom is -1.00 e. The summed E-state index contributed by atoms with van der Waals surface area (Å²) in [4.78, 5) is 5.47. The van der Waals surface area contributed by atoms with Gasteiger partial charge >= 0.3 is 25.8 Å². The van der Waals surface area contributed by atoms with Gasteiger partial charge in [0.05, 0.1) is 0 Å².